The fourth-order valence-corrected chi connectivity index (χ4v) is 0.506. The highest BCUT2D eigenvalue weighted by Gasteiger charge is 1.74. The minimum Gasteiger partial charge on any atom is -0.398 e. The van der Waals surface area contributed by atoms with E-state index in [0.717, 1.165) is 12.8 Å². The zero-order valence-corrected chi connectivity index (χ0v) is 7.25. The molecular weight excluding hydrogens is 136 g/mol. The Hall–Kier alpha value is -1.05. The molecule has 0 aromatic carbocycles. The van der Waals surface area contributed by atoms with E-state index < -0.39 is 0 Å². The molecule has 0 radical (unpaired) electrons. The number of aliphatic imine (C=N–C) groups is 1. The van der Waals surface area contributed by atoms with Crippen LogP contribution in [0.2, 0.25) is 0 Å². The van der Waals surface area contributed by atoms with Crippen LogP contribution in [0.5, 0.6) is 0 Å². The third-order valence-electron chi connectivity index (χ3n) is 1.20. The minimum atomic E-state index is 0.700. The van der Waals surface area contributed by atoms with Gasteiger partial charge in [-0.1, -0.05) is 25.5 Å². The predicted octanol–water partition coefficient (Wildman–Crippen LogP) is 2.23. The summed E-state index contributed by atoms with van der Waals surface area (Å²) in [7, 11) is 0. The Labute approximate surface area is 68.5 Å². The van der Waals surface area contributed by atoms with Crippen molar-refractivity contribution in [2.75, 3.05) is 0 Å². The number of nitrogens with two attached hydrogens (primary N) is 1. The summed E-state index contributed by atoms with van der Waals surface area (Å²) in [6, 6.07) is 0. The second-order valence-electron chi connectivity index (χ2n) is 2.24. The topological polar surface area (TPSA) is 38.4 Å². The number of unbranched alkanes of at least 4 members (excludes halogenated alkanes) is 1. The van der Waals surface area contributed by atoms with Crippen LogP contribution in [0.3, 0.4) is 0 Å². The average molecular weight is 152 g/mol. The quantitative estimate of drug-likeness (QED) is 0.616. The van der Waals surface area contributed by atoms with Crippen molar-refractivity contribution in [2.24, 2.45) is 10.7 Å². The van der Waals surface area contributed by atoms with E-state index in [-0.39, 0.29) is 0 Å². The summed E-state index contributed by atoms with van der Waals surface area (Å²) >= 11 is 0. The molecule has 0 aromatic heterocycles. The molecule has 0 saturated carbocycles. The Morgan fingerprint density at radius 3 is 2.82 bits per heavy atom. The summed E-state index contributed by atoms with van der Waals surface area (Å²) in [4.78, 5) is 3.98. The van der Waals surface area contributed by atoms with E-state index in [9.17, 15) is 0 Å². The number of nitrogens with zero attached hydrogens (tertiary/aromatic N) is 1. The van der Waals surface area contributed by atoms with Crippen molar-refractivity contribution >= 4 is 6.21 Å². The molecule has 0 aliphatic rings. The van der Waals surface area contributed by atoms with Gasteiger partial charge in [-0.05, 0) is 13.3 Å². The maximum atomic E-state index is 5.47. The number of hydrogen-bond donors (Lipinski definition) is 1. The second kappa shape index (κ2) is 7.06. The van der Waals surface area contributed by atoms with Crippen LogP contribution in [0, 0.1) is 0 Å². The fraction of sp³-hybridized carbons (Fsp3) is 0.444. The van der Waals surface area contributed by atoms with Crippen LogP contribution in [0.4, 0.5) is 0 Å². The summed E-state index contributed by atoms with van der Waals surface area (Å²) in [5.41, 5.74) is 6.17. The van der Waals surface area contributed by atoms with Crippen molar-refractivity contribution in [2.45, 2.75) is 26.7 Å². The maximum absolute atomic E-state index is 5.47. The first kappa shape index (κ1) is 9.95. The second-order valence-corrected chi connectivity index (χ2v) is 2.24. The molecule has 0 fully saturated rings. The van der Waals surface area contributed by atoms with Gasteiger partial charge in [-0.25, -0.2) is 0 Å². The summed E-state index contributed by atoms with van der Waals surface area (Å²) in [6.07, 6.45) is 9.50. The normalized spacial score (nSPS) is 13.5. The van der Waals surface area contributed by atoms with Gasteiger partial charge < -0.3 is 5.73 Å². The Bertz CT molecular complexity index is 166. The molecule has 0 rings (SSSR count). The molecular formula is C9H16N2. The first-order chi connectivity index (χ1) is 5.31. The summed E-state index contributed by atoms with van der Waals surface area (Å²) in [5.74, 6) is 0. The lowest BCUT2D eigenvalue weighted by Crippen LogP contribution is -1.95. The number of allylic oxidation sites excluding steroid dienone is 3. The summed E-state index contributed by atoms with van der Waals surface area (Å²) < 4.78 is 0. The van der Waals surface area contributed by atoms with Crippen LogP contribution in [-0.2, 0) is 0 Å². The zero-order valence-electron chi connectivity index (χ0n) is 7.25. The Morgan fingerprint density at radius 2 is 2.27 bits per heavy atom. The van der Waals surface area contributed by atoms with Crippen molar-refractivity contribution in [3.63, 3.8) is 0 Å². The third-order valence-corrected chi connectivity index (χ3v) is 1.20. The smallest absolute Gasteiger partial charge is 0.0494 e. The molecule has 0 spiro atoms. The molecule has 2 heteroatoms. The monoisotopic (exact) mass is 152 g/mol. The van der Waals surface area contributed by atoms with Gasteiger partial charge in [0, 0.05) is 18.1 Å². The molecule has 0 atom stereocenters. The summed E-state index contributed by atoms with van der Waals surface area (Å²) in [6.45, 7) is 4.02. The van der Waals surface area contributed by atoms with Crippen LogP contribution >= 0.6 is 0 Å². The molecule has 0 aliphatic heterocycles. The van der Waals surface area contributed by atoms with Crippen LogP contribution in [0.1, 0.15) is 26.7 Å². The molecule has 0 heterocycles. The van der Waals surface area contributed by atoms with Crippen molar-refractivity contribution in [1.29, 1.82) is 0 Å². The van der Waals surface area contributed by atoms with Gasteiger partial charge in [-0.3, -0.25) is 4.99 Å². The molecule has 2 N–H and O–H groups in total. The van der Waals surface area contributed by atoms with E-state index >= 15 is 0 Å². The largest absolute Gasteiger partial charge is 0.398 e. The average Bonchev–Trinajstić information content (AvgIpc) is 2.04. The van der Waals surface area contributed by atoms with Crippen LogP contribution in [-0.4, -0.2) is 6.21 Å². The van der Waals surface area contributed by atoms with Gasteiger partial charge in [0.25, 0.3) is 0 Å². The van der Waals surface area contributed by atoms with Crippen LogP contribution in [0.15, 0.2) is 29.0 Å². The first-order valence-electron chi connectivity index (χ1n) is 3.91. The summed E-state index contributed by atoms with van der Waals surface area (Å²) in [5, 5.41) is 0. The lowest BCUT2D eigenvalue weighted by atomic mass is 10.3. The molecule has 0 unspecified atom stereocenters. The molecule has 0 aromatic rings. The predicted molar refractivity (Wildman–Crippen MR) is 50.5 cm³/mol. The maximum Gasteiger partial charge on any atom is 0.0494 e. The van der Waals surface area contributed by atoms with Crippen molar-refractivity contribution < 1.29 is 0 Å². The fourth-order valence-electron chi connectivity index (χ4n) is 0.506. The third kappa shape index (κ3) is 6.84. The highest BCUT2D eigenvalue weighted by molar-refractivity contribution is 5.77. The highest BCUT2D eigenvalue weighted by atomic mass is 14.7. The van der Waals surface area contributed by atoms with Crippen molar-refractivity contribution in [1.82, 2.24) is 0 Å². The Kier molecular flexibility index (Phi) is 6.39. The van der Waals surface area contributed by atoms with Gasteiger partial charge in [0.15, 0.2) is 0 Å². The first-order valence-corrected chi connectivity index (χ1v) is 3.91. The standard InChI is InChI=1S/C9H16N2/c1-3-5-6-7-11-8-9(10)4-2/h4,6-8H,3,5,10H2,1-2H3/b7-6+,9-4+,11-8-. The molecule has 0 saturated heterocycles. The van der Waals surface area contributed by atoms with E-state index in [1.165, 1.54) is 0 Å². The Morgan fingerprint density at radius 1 is 1.55 bits per heavy atom. The highest BCUT2D eigenvalue weighted by Crippen LogP contribution is 1.88. The van der Waals surface area contributed by atoms with Gasteiger partial charge in [0.1, 0.15) is 0 Å². The molecule has 0 aliphatic carbocycles. The van der Waals surface area contributed by atoms with Crippen LogP contribution in [0.25, 0.3) is 0 Å². The van der Waals surface area contributed by atoms with Crippen LogP contribution < -0.4 is 5.73 Å². The van der Waals surface area contributed by atoms with E-state index in [4.69, 9.17) is 5.73 Å². The van der Waals surface area contributed by atoms with Gasteiger partial charge in [0.2, 0.25) is 0 Å². The minimum absolute atomic E-state index is 0.700. The van der Waals surface area contributed by atoms with E-state index in [1.807, 2.05) is 19.1 Å². The van der Waals surface area contributed by atoms with Gasteiger partial charge in [-0.15, -0.1) is 0 Å². The Balaban J connectivity index is 3.59. The molecule has 11 heavy (non-hydrogen) atoms. The van der Waals surface area contributed by atoms with E-state index in [0.29, 0.717) is 5.70 Å². The SMILES string of the molecule is C\C=C(N)/C=N\C=C\CCC. The van der Waals surface area contributed by atoms with E-state index in [1.54, 1.807) is 12.4 Å². The lowest BCUT2D eigenvalue weighted by Gasteiger charge is -1.85. The molecule has 62 valence electrons. The molecule has 0 bridgehead atoms. The van der Waals surface area contributed by atoms with Gasteiger partial charge in [0.05, 0.1) is 0 Å². The molecule has 2 nitrogen and oxygen atoms in total. The van der Waals surface area contributed by atoms with E-state index in [2.05, 4.69) is 11.9 Å². The molecule has 0 amide bonds. The zero-order chi connectivity index (χ0) is 8.53. The van der Waals surface area contributed by atoms with Crippen molar-refractivity contribution in [3.8, 4) is 0 Å². The number of hydrogen-bond acceptors (Lipinski definition) is 2. The lowest BCUT2D eigenvalue weighted by molar-refractivity contribution is 0.956. The van der Waals surface area contributed by atoms with Gasteiger partial charge in [-0.2, -0.15) is 0 Å². The van der Waals surface area contributed by atoms with Gasteiger partial charge >= 0.3 is 0 Å². The van der Waals surface area contributed by atoms with Crippen molar-refractivity contribution in [3.05, 3.63) is 24.0 Å². The number of rotatable bonds is 4.